The Hall–Kier alpha value is -1.14. The molecule has 0 aliphatic carbocycles. The number of halogens is 4. The predicted octanol–water partition coefficient (Wildman–Crippen LogP) is 4.86. The van der Waals surface area contributed by atoms with Gasteiger partial charge in [-0.15, -0.1) is 0 Å². The van der Waals surface area contributed by atoms with Crippen LogP contribution < -0.4 is 10.5 Å². The average molecular weight is 379 g/mol. The summed E-state index contributed by atoms with van der Waals surface area (Å²) in [5.41, 5.74) is 5.76. The Morgan fingerprint density at radius 3 is 2.28 bits per heavy atom. The van der Waals surface area contributed by atoms with Crippen molar-refractivity contribution in [2.24, 2.45) is 0 Å². The zero-order valence-electron chi connectivity index (χ0n) is 8.88. The van der Waals surface area contributed by atoms with Crippen molar-refractivity contribution >= 4 is 37.5 Å². The molecule has 0 saturated heterocycles. The van der Waals surface area contributed by atoms with E-state index in [9.17, 15) is 8.78 Å². The van der Waals surface area contributed by atoms with E-state index in [1.807, 2.05) is 0 Å². The maximum Gasteiger partial charge on any atom is 0.151 e. The van der Waals surface area contributed by atoms with Crippen molar-refractivity contribution in [3.05, 3.63) is 50.9 Å². The van der Waals surface area contributed by atoms with Crippen molar-refractivity contribution in [1.29, 1.82) is 0 Å². The fourth-order valence-corrected chi connectivity index (χ4v) is 1.87. The summed E-state index contributed by atoms with van der Waals surface area (Å²) in [5.74, 6) is -0.403. The molecular weight excluding hydrogens is 372 g/mol. The molecule has 0 amide bonds. The summed E-state index contributed by atoms with van der Waals surface area (Å²) in [6.07, 6.45) is 0. The second-order valence-electron chi connectivity index (χ2n) is 3.48. The minimum Gasteiger partial charge on any atom is -0.455 e. The van der Waals surface area contributed by atoms with Gasteiger partial charge in [-0.2, -0.15) is 0 Å². The van der Waals surface area contributed by atoms with E-state index >= 15 is 0 Å². The minimum absolute atomic E-state index is 0.138. The van der Waals surface area contributed by atoms with Crippen LogP contribution in [0.15, 0.2) is 39.3 Å². The fourth-order valence-electron chi connectivity index (χ4n) is 1.30. The third-order valence-corrected chi connectivity index (χ3v) is 3.42. The first-order chi connectivity index (χ1) is 8.47. The van der Waals surface area contributed by atoms with Gasteiger partial charge in [-0.3, -0.25) is 0 Å². The molecule has 0 fully saturated rings. The maximum atomic E-state index is 13.3. The molecule has 0 atom stereocenters. The number of ether oxygens (including phenoxy) is 1. The van der Waals surface area contributed by atoms with Gasteiger partial charge in [0.15, 0.2) is 5.75 Å². The van der Waals surface area contributed by atoms with Gasteiger partial charge in [0, 0.05) is 18.2 Å². The number of anilines is 1. The lowest BCUT2D eigenvalue weighted by Gasteiger charge is -2.09. The molecule has 2 N–H and O–H groups in total. The highest BCUT2D eigenvalue weighted by molar-refractivity contribution is 9.10. The highest BCUT2D eigenvalue weighted by Gasteiger charge is 2.09. The van der Waals surface area contributed by atoms with E-state index in [0.717, 1.165) is 6.07 Å². The monoisotopic (exact) mass is 377 g/mol. The number of nitrogen functional groups attached to an aromatic ring is 1. The average Bonchev–Trinajstić information content (AvgIpc) is 2.31. The fraction of sp³-hybridized carbons (Fsp3) is 0. The molecule has 94 valence electrons. The zero-order valence-corrected chi connectivity index (χ0v) is 12.1. The first-order valence-electron chi connectivity index (χ1n) is 4.85. The molecule has 0 aromatic heterocycles. The number of hydrogen-bond acceptors (Lipinski definition) is 2. The molecule has 0 heterocycles. The van der Waals surface area contributed by atoms with E-state index in [-0.39, 0.29) is 21.7 Å². The topological polar surface area (TPSA) is 35.2 Å². The summed E-state index contributed by atoms with van der Waals surface area (Å²) in [6.45, 7) is 0. The van der Waals surface area contributed by atoms with Crippen LogP contribution >= 0.6 is 31.9 Å². The van der Waals surface area contributed by atoms with Gasteiger partial charge >= 0.3 is 0 Å². The van der Waals surface area contributed by atoms with Crippen LogP contribution in [0.3, 0.4) is 0 Å². The zero-order chi connectivity index (χ0) is 13.3. The lowest BCUT2D eigenvalue weighted by molar-refractivity contribution is 0.476. The van der Waals surface area contributed by atoms with E-state index in [1.165, 1.54) is 18.2 Å². The van der Waals surface area contributed by atoms with Crippen LogP contribution in [0, 0.1) is 11.6 Å². The van der Waals surface area contributed by atoms with Crippen molar-refractivity contribution in [3.8, 4) is 11.5 Å². The van der Waals surface area contributed by atoms with E-state index in [1.54, 1.807) is 6.07 Å². The van der Waals surface area contributed by atoms with Crippen molar-refractivity contribution in [3.63, 3.8) is 0 Å². The summed E-state index contributed by atoms with van der Waals surface area (Å²) in [4.78, 5) is 0. The molecule has 18 heavy (non-hydrogen) atoms. The van der Waals surface area contributed by atoms with Gasteiger partial charge < -0.3 is 10.5 Å². The lowest BCUT2D eigenvalue weighted by atomic mass is 10.3. The third-order valence-electron chi connectivity index (χ3n) is 2.17. The Bertz CT molecular complexity index is 605. The smallest absolute Gasteiger partial charge is 0.151 e. The van der Waals surface area contributed by atoms with Crippen molar-refractivity contribution in [1.82, 2.24) is 0 Å². The second kappa shape index (κ2) is 5.24. The number of nitrogens with two attached hydrogens (primary N) is 1. The first-order valence-corrected chi connectivity index (χ1v) is 6.43. The van der Waals surface area contributed by atoms with Crippen molar-refractivity contribution in [2.75, 3.05) is 5.73 Å². The predicted molar refractivity (Wildman–Crippen MR) is 72.7 cm³/mol. The van der Waals surface area contributed by atoms with Gasteiger partial charge in [0.1, 0.15) is 17.4 Å². The first kappa shape index (κ1) is 13.3. The highest BCUT2D eigenvalue weighted by atomic mass is 79.9. The summed E-state index contributed by atoms with van der Waals surface area (Å²) < 4.78 is 32.4. The van der Waals surface area contributed by atoms with Gasteiger partial charge in [-0.05, 0) is 44.0 Å². The maximum absolute atomic E-state index is 13.3. The van der Waals surface area contributed by atoms with Crippen LogP contribution in [0.5, 0.6) is 11.5 Å². The Morgan fingerprint density at radius 1 is 0.944 bits per heavy atom. The summed E-state index contributed by atoms with van der Waals surface area (Å²) in [6, 6.07) is 6.82. The van der Waals surface area contributed by atoms with Crippen LogP contribution in [0.2, 0.25) is 0 Å². The van der Waals surface area contributed by atoms with Gasteiger partial charge in [-0.25, -0.2) is 8.78 Å². The van der Waals surface area contributed by atoms with E-state index in [2.05, 4.69) is 31.9 Å². The molecule has 2 rings (SSSR count). The number of rotatable bonds is 2. The second-order valence-corrected chi connectivity index (χ2v) is 5.19. The quantitative estimate of drug-likeness (QED) is 0.757. The van der Waals surface area contributed by atoms with Crippen molar-refractivity contribution in [2.45, 2.75) is 0 Å². The molecule has 0 radical (unpaired) electrons. The molecule has 0 unspecified atom stereocenters. The SMILES string of the molecule is Nc1cc(F)c(Br)cc1Oc1ccc(Br)c(F)c1. The molecule has 0 bridgehead atoms. The molecule has 2 aromatic rings. The van der Waals surface area contributed by atoms with E-state index in [0.29, 0.717) is 4.47 Å². The van der Waals surface area contributed by atoms with Crippen LogP contribution in [-0.2, 0) is 0 Å². The third kappa shape index (κ3) is 2.81. The van der Waals surface area contributed by atoms with E-state index in [4.69, 9.17) is 10.5 Å². The summed E-state index contributed by atoms with van der Waals surface area (Å²) >= 11 is 6.07. The number of benzene rings is 2. The van der Waals surface area contributed by atoms with E-state index < -0.39 is 11.6 Å². The largest absolute Gasteiger partial charge is 0.455 e. The van der Waals surface area contributed by atoms with Gasteiger partial charge in [0.25, 0.3) is 0 Å². The molecule has 6 heteroatoms. The van der Waals surface area contributed by atoms with Crippen LogP contribution in [0.1, 0.15) is 0 Å². The molecule has 0 aliphatic rings. The van der Waals surface area contributed by atoms with Crippen molar-refractivity contribution < 1.29 is 13.5 Å². The summed E-state index contributed by atoms with van der Waals surface area (Å²) in [5, 5.41) is 0. The Morgan fingerprint density at radius 2 is 1.61 bits per heavy atom. The van der Waals surface area contributed by atoms with Gasteiger partial charge in [0.2, 0.25) is 0 Å². The molecular formula is C12H7Br2F2NO. The molecule has 2 aromatic carbocycles. The standard InChI is InChI=1S/C12H7Br2F2NO/c13-7-2-1-6(3-9(7)15)18-12-4-8(14)10(16)5-11(12)17/h1-5H,17H2. The molecule has 0 saturated carbocycles. The summed E-state index contributed by atoms with van der Waals surface area (Å²) in [7, 11) is 0. The molecule has 0 spiro atoms. The molecule has 0 aliphatic heterocycles. The number of hydrogen-bond donors (Lipinski definition) is 1. The Labute approximate surface area is 119 Å². The van der Waals surface area contributed by atoms with Gasteiger partial charge in [-0.1, -0.05) is 0 Å². The minimum atomic E-state index is -0.484. The Balaban J connectivity index is 2.34. The van der Waals surface area contributed by atoms with Crippen LogP contribution in [-0.4, -0.2) is 0 Å². The molecule has 2 nitrogen and oxygen atoms in total. The van der Waals surface area contributed by atoms with Crippen LogP contribution in [0.25, 0.3) is 0 Å². The van der Waals surface area contributed by atoms with Gasteiger partial charge in [0.05, 0.1) is 14.6 Å². The normalized spacial score (nSPS) is 10.4. The lowest BCUT2D eigenvalue weighted by Crippen LogP contribution is -1.94. The van der Waals surface area contributed by atoms with Crippen LogP contribution in [0.4, 0.5) is 14.5 Å². The Kier molecular flexibility index (Phi) is 3.87. The highest BCUT2D eigenvalue weighted by Crippen LogP contribution is 2.33.